The number of carbonyl (C=O) groups is 2. The Morgan fingerprint density at radius 1 is 1.33 bits per heavy atom. The van der Waals surface area contributed by atoms with Crippen LogP contribution >= 0.6 is 11.8 Å². The average Bonchev–Trinajstić information content (AvgIpc) is 2.86. The third kappa shape index (κ3) is 3.82. The van der Waals surface area contributed by atoms with E-state index in [9.17, 15) is 9.59 Å². The van der Waals surface area contributed by atoms with Gasteiger partial charge in [-0.2, -0.15) is 0 Å². The number of hydrogen-bond acceptors (Lipinski definition) is 6. The van der Waals surface area contributed by atoms with Crippen LogP contribution in [0.3, 0.4) is 0 Å². The summed E-state index contributed by atoms with van der Waals surface area (Å²) in [6.07, 6.45) is 0. The van der Waals surface area contributed by atoms with Crippen LogP contribution in [0.15, 0.2) is 33.9 Å². The standard InChI is InChI=1S/C13H14N4O3S/c1-7-5-3-4-6-9(7)11-16-17-13(20-11)21-8(2)10(18)15-12(14)19/h3-6,8H,1-2H3,(H3,14,15,18,19)/t8-/m1/s1. The molecule has 0 radical (unpaired) electrons. The van der Waals surface area contributed by atoms with Crippen molar-refractivity contribution >= 4 is 23.7 Å². The van der Waals surface area contributed by atoms with Crippen LogP contribution in [0.4, 0.5) is 4.79 Å². The molecular formula is C13H14N4O3S. The molecule has 3 amide bonds. The number of nitrogens with one attached hydrogen (secondary N) is 1. The van der Waals surface area contributed by atoms with Crippen molar-refractivity contribution in [1.29, 1.82) is 0 Å². The molecule has 0 fully saturated rings. The van der Waals surface area contributed by atoms with E-state index < -0.39 is 17.2 Å². The minimum Gasteiger partial charge on any atom is -0.411 e. The smallest absolute Gasteiger partial charge is 0.318 e. The van der Waals surface area contributed by atoms with Crippen molar-refractivity contribution in [2.45, 2.75) is 24.3 Å². The predicted molar refractivity (Wildman–Crippen MR) is 77.5 cm³/mol. The molecule has 21 heavy (non-hydrogen) atoms. The quantitative estimate of drug-likeness (QED) is 0.832. The molecule has 0 saturated heterocycles. The van der Waals surface area contributed by atoms with Gasteiger partial charge < -0.3 is 10.2 Å². The second-order valence-corrected chi connectivity index (χ2v) is 5.59. The molecule has 2 aromatic rings. The van der Waals surface area contributed by atoms with Gasteiger partial charge >= 0.3 is 6.03 Å². The monoisotopic (exact) mass is 306 g/mol. The number of hydrogen-bond donors (Lipinski definition) is 2. The molecule has 0 bridgehead atoms. The Morgan fingerprint density at radius 2 is 2.05 bits per heavy atom. The van der Waals surface area contributed by atoms with Crippen LogP contribution in [-0.2, 0) is 4.79 Å². The summed E-state index contributed by atoms with van der Waals surface area (Å²) in [7, 11) is 0. The number of amides is 3. The molecule has 0 unspecified atom stereocenters. The molecule has 0 aliphatic rings. The lowest BCUT2D eigenvalue weighted by Gasteiger charge is -2.06. The van der Waals surface area contributed by atoms with Crippen molar-refractivity contribution in [3.8, 4) is 11.5 Å². The molecule has 2 rings (SSSR count). The van der Waals surface area contributed by atoms with E-state index in [-0.39, 0.29) is 5.22 Å². The Kier molecular flexibility index (Phi) is 4.59. The number of imide groups is 1. The number of rotatable bonds is 4. The highest BCUT2D eigenvalue weighted by molar-refractivity contribution is 8.00. The van der Waals surface area contributed by atoms with Crippen LogP contribution in [-0.4, -0.2) is 27.4 Å². The van der Waals surface area contributed by atoms with Crippen molar-refractivity contribution < 1.29 is 14.0 Å². The lowest BCUT2D eigenvalue weighted by molar-refractivity contribution is -0.119. The lowest BCUT2D eigenvalue weighted by atomic mass is 10.1. The number of urea groups is 1. The summed E-state index contributed by atoms with van der Waals surface area (Å²) in [6, 6.07) is 6.72. The van der Waals surface area contributed by atoms with E-state index in [2.05, 4.69) is 10.2 Å². The van der Waals surface area contributed by atoms with Gasteiger partial charge in [-0.3, -0.25) is 10.1 Å². The Balaban J connectivity index is 2.09. The predicted octanol–water partition coefficient (Wildman–Crippen LogP) is 1.72. The van der Waals surface area contributed by atoms with Crippen LogP contribution in [0.25, 0.3) is 11.5 Å². The second kappa shape index (κ2) is 6.40. The SMILES string of the molecule is Cc1ccccc1-c1nnc(S[C@H](C)C(=O)NC(N)=O)o1. The van der Waals surface area contributed by atoms with Crippen LogP contribution < -0.4 is 11.1 Å². The molecule has 0 aliphatic carbocycles. The Hall–Kier alpha value is -2.35. The van der Waals surface area contributed by atoms with E-state index in [1.54, 1.807) is 6.92 Å². The number of primary amides is 1. The van der Waals surface area contributed by atoms with Crippen LogP contribution in [0.1, 0.15) is 12.5 Å². The van der Waals surface area contributed by atoms with E-state index in [0.29, 0.717) is 5.89 Å². The van der Waals surface area contributed by atoms with Gasteiger partial charge in [0.25, 0.3) is 5.22 Å². The summed E-state index contributed by atoms with van der Waals surface area (Å²) in [5, 5.41) is 9.51. The van der Waals surface area contributed by atoms with E-state index in [0.717, 1.165) is 22.9 Å². The van der Waals surface area contributed by atoms with Crippen molar-refractivity contribution in [2.24, 2.45) is 5.73 Å². The maximum atomic E-state index is 11.6. The van der Waals surface area contributed by atoms with Gasteiger partial charge in [-0.05, 0) is 25.5 Å². The minimum absolute atomic E-state index is 0.250. The topological polar surface area (TPSA) is 111 Å². The minimum atomic E-state index is -0.890. The lowest BCUT2D eigenvalue weighted by Crippen LogP contribution is -2.39. The van der Waals surface area contributed by atoms with E-state index in [4.69, 9.17) is 10.2 Å². The molecule has 0 spiro atoms. The Bertz CT molecular complexity index is 671. The summed E-state index contributed by atoms with van der Waals surface area (Å²) >= 11 is 1.05. The molecular weight excluding hydrogens is 292 g/mol. The van der Waals surface area contributed by atoms with E-state index in [1.807, 2.05) is 36.5 Å². The van der Waals surface area contributed by atoms with Crippen LogP contribution in [0.2, 0.25) is 0 Å². The summed E-state index contributed by atoms with van der Waals surface area (Å²) in [6.45, 7) is 3.55. The van der Waals surface area contributed by atoms with E-state index in [1.165, 1.54) is 0 Å². The highest BCUT2D eigenvalue weighted by Gasteiger charge is 2.20. The summed E-state index contributed by atoms with van der Waals surface area (Å²) in [5.74, 6) is -0.124. The summed E-state index contributed by atoms with van der Waals surface area (Å²) in [4.78, 5) is 22.2. The third-order valence-corrected chi connectivity index (χ3v) is 3.61. The molecule has 8 heteroatoms. The zero-order valence-corrected chi connectivity index (χ0v) is 12.3. The van der Waals surface area contributed by atoms with E-state index >= 15 is 0 Å². The average molecular weight is 306 g/mol. The molecule has 1 heterocycles. The summed E-state index contributed by atoms with van der Waals surface area (Å²) in [5.41, 5.74) is 6.74. The number of carbonyl (C=O) groups excluding carboxylic acids is 2. The number of aryl methyl sites for hydroxylation is 1. The van der Waals surface area contributed by atoms with Crippen LogP contribution in [0.5, 0.6) is 0 Å². The molecule has 3 N–H and O–H groups in total. The zero-order valence-electron chi connectivity index (χ0n) is 11.5. The molecule has 110 valence electrons. The highest BCUT2D eigenvalue weighted by atomic mass is 32.2. The molecule has 1 atom stereocenters. The molecule has 0 aliphatic heterocycles. The highest BCUT2D eigenvalue weighted by Crippen LogP contribution is 2.27. The van der Waals surface area contributed by atoms with Gasteiger partial charge in [0.2, 0.25) is 11.8 Å². The van der Waals surface area contributed by atoms with Gasteiger partial charge in [0, 0.05) is 5.56 Å². The molecule has 7 nitrogen and oxygen atoms in total. The number of benzene rings is 1. The van der Waals surface area contributed by atoms with Crippen LogP contribution in [0, 0.1) is 6.92 Å². The number of aromatic nitrogens is 2. The molecule has 1 aromatic carbocycles. The van der Waals surface area contributed by atoms with Crippen molar-refractivity contribution in [3.63, 3.8) is 0 Å². The van der Waals surface area contributed by atoms with Gasteiger partial charge in [-0.1, -0.05) is 30.0 Å². The van der Waals surface area contributed by atoms with Crippen molar-refractivity contribution in [3.05, 3.63) is 29.8 Å². The fourth-order valence-corrected chi connectivity index (χ4v) is 2.29. The maximum Gasteiger partial charge on any atom is 0.318 e. The first-order valence-corrected chi connectivity index (χ1v) is 7.02. The van der Waals surface area contributed by atoms with Gasteiger partial charge in [0.1, 0.15) is 0 Å². The second-order valence-electron chi connectivity index (χ2n) is 4.30. The number of nitrogens with zero attached hydrogens (tertiary/aromatic N) is 2. The first kappa shape index (κ1) is 15.0. The third-order valence-electron chi connectivity index (χ3n) is 2.68. The van der Waals surface area contributed by atoms with Gasteiger partial charge in [-0.15, -0.1) is 10.2 Å². The summed E-state index contributed by atoms with van der Waals surface area (Å²) < 4.78 is 5.52. The normalized spacial score (nSPS) is 11.9. The first-order valence-electron chi connectivity index (χ1n) is 6.14. The van der Waals surface area contributed by atoms with Gasteiger partial charge in [0.05, 0.1) is 5.25 Å². The fourth-order valence-electron chi connectivity index (χ4n) is 1.61. The molecule has 1 aromatic heterocycles. The van der Waals surface area contributed by atoms with Gasteiger partial charge in [-0.25, -0.2) is 4.79 Å². The first-order chi connectivity index (χ1) is 9.97. The van der Waals surface area contributed by atoms with Crippen molar-refractivity contribution in [1.82, 2.24) is 15.5 Å². The number of nitrogens with two attached hydrogens (primary N) is 1. The number of thioether (sulfide) groups is 1. The Morgan fingerprint density at radius 3 is 2.71 bits per heavy atom. The zero-order chi connectivity index (χ0) is 15.4. The molecule has 0 saturated carbocycles. The maximum absolute atomic E-state index is 11.6. The Labute approximate surface area is 125 Å². The van der Waals surface area contributed by atoms with Crippen molar-refractivity contribution in [2.75, 3.05) is 0 Å². The largest absolute Gasteiger partial charge is 0.411 e. The van der Waals surface area contributed by atoms with Gasteiger partial charge in [0.15, 0.2) is 0 Å². The fraction of sp³-hybridized carbons (Fsp3) is 0.231.